The molecule has 8 nitrogen and oxygen atoms in total. The zero-order valence-corrected chi connectivity index (χ0v) is 19.7. The second-order valence-electron chi connectivity index (χ2n) is 7.49. The van der Waals surface area contributed by atoms with Crippen LogP contribution in [0.4, 0.5) is 23.0 Å². The Balaban J connectivity index is 1.41. The van der Waals surface area contributed by atoms with Gasteiger partial charge in [-0.05, 0) is 80.7 Å². The van der Waals surface area contributed by atoms with Crippen LogP contribution in [0.25, 0.3) is 0 Å². The van der Waals surface area contributed by atoms with Crippen molar-refractivity contribution in [3.8, 4) is 0 Å². The molecule has 172 valence electrons. The van der Waals surface area contributed by atoms with E-state index in [0.717, 1.165) is 34.2 Å². The van der Waals surface area contributed by atoms with Crippen molar-refractivity contribution in [1.82, 2.24) is 15.3 Å². The Morgan fingerprint density at radius 3 is 2.21 bits per heavy atom. The van der Waals surface area contributed by atoms with Crippen molar-refractivity contribution in [1.29, 1.82) is 0 Å². The van der Waals surface area contributed by atoms with E-state index in [1.165, 1.54) is 0 Å². The number of aliphatic imine (C=N–C) groups is 1. The van der Waals surface area contributed by atoms with Crippen LogP contribution in [0.3, 0.4) is 0 Å². The maximum Gasteiger partial charge on any atom is 0.229 e. The van der Waals surface area contributed by atoms with Crippen LogP contribution in [0.2, 0.25) is 0 Å². The summed E-state index contributed by atoms with van der Waals surface area (Å²) in [5, 5.41) is 13.1. The maximum atomic E-state index is 5.51. The first-order chi connectivity index (χ1) is 16.5. The number of hydrogen-bond donors (Lipinski definition) is 4. The molecule has 4 aromatic rings. The van der Waals surface area contributed by atoms with Crippen LogP contribution in [0.15, 0.2) is 88.5 Å². The molecule has 0 aliphatic heterocycles. The summed E-state index contributed by atoms with van der Waals surface area (Å²) in [5.74, 6) is 1.56. The zero-order valence-electron chi connectivity index (χ0n) is 18.9. The number of guanidine groups is 1. The standard InChI is InChI=1S/C25H25N7OS/c1-17-15-18(2)28-24(27-17)31-23(26-16-22-9-6-14-33-22)32-25(34)30-21-12-10-20(11-13-21)29-19-7-4-3-5-8-19/h3-15,29H,16H2,1-2H3,(H3,26,27,28,30,31,32,34). The van der Waals surface area contributed by atoms with Crippen molar-refractivity contribution < 1.29 is 4.42 Å². The van der Waals surface area contributed by atoms with Gasteiger partial charge >= 0.3 is 0 Å². The molecule has 9 heteroatoms. The fourth-order valence-electron chi connectivity index (χ4n) is 3.15. The van der Waals surface area contributed by atoms with Crippen LogP contribution >= 0.6 is 12.2 Å². The molecule has 0 fully saturated rings. The highest BCUT2D eigenvalue weighted by Crippen LogP contribution is 2.18. The van der Waals surface area contributed by atoms with Crippen molar-refractivity contribution >= 4 is 46.3 Å². The molecule has 0 aliphatic rings. The molecule has 4 N–H and O–H groups in total. The summed E-state index contributed by atoms with van der Waals surface area (Å²) in [6, 6.07) is 23.4. The van der Waals surface area contributed by atoms with Gasteiger partial charge in [-0.15, -0.1) is 0 Å². The molecule has 2 aromatic carbocycles. The molecule has 0 spiro atoms. The topological polar surface area (TPSA) is 99.4 Å². The van der Waals surface area contributed by atoms with Crippen LogP contribution in [-0.4, -0.2) is 21.0 Å². The lowest BCUT2D eigenvalue weighted by molar-refractivity contribution is 0.512. The lowest BCUT2D eigenvalue weighted by Gasteiger charge is -2.14. The monoisotopic (exact) mass is 471 g/mol. The Labute approximate surface area is 203 Å². The van der Waals surface area contributed by atoms with Crippen LogP contribution in [-0.2, 0) is 6.54 Å². The number of thiocarbonyl (C=S) groups is 1. The lowest BCUT2D eigenvalue weighted by Crippen LogP contribution is -2.39. The lowest BCUT2D eigenvalue weighted by atomic mass is 10.2. The molecule has 0 saturated heterocycles. The van der Waals surface area contributed by atoms with Gasteiger partial charge in [0.15, 0.2) is 5.11 Å². The zero-order chi connectivity index (χ0) is 23.8. The number of hydrogen-bond acceptors (Lipinski definition) is 6. The first-order valence-electron chi connectivity index (χ1n) is 10.7. The summed E-state index contributed by atoms with van der Waals surface area (Å²) in [4.78, 5) is 13.4. The van der Waals surface area contributed by atoms with E-state index in [2.05, 4.69) is 36.2 Å². The van der Waals surface area contributed by atoms with Crippen molar-refractivity contribution in [3.05, 3.63) is 96.2 Å². The number of aromatic nitrogens is 2. The number of aryl methyl sites for hydroxylation is 2. The van der Waals surface area contributed by atoms with Gasteiger partial charge < -0.3 is 20.4 Å². The third-order valence-corrected chi connectivity index (χ3v) is 4.83. The van der Waals surface area contributed by atoms with Gasteiger partial charge in [-0.25, -0.2) is 15.0 Å². The number of para-hydroxylation sites is 1. The highest BCUT2D eigenvalue weighted by atomic mass is 32.1. The predicted molar refractivity (Wildman–Crippen MR) is 140 cm³/mol. The van der Waals surface area contributed by atoms with Crippen LogP contribution < -0.4 is 21.3 Å². The van der Waals surface area contributed by atoms with Crippen molar-refractivity contribution in [2.45, 2.75) is 20.4 Å². The minimum absolute atomic E-state index is 0.329. The van der Waals surface area contributed by atoms with E-state index >= 15 is 0 Å². The van der Waals surface area contributed by atoms with E-state index in [4.69, 9.17) is 16.6 Å². The average molecular weight is 472 g/mol. The SMILES string of the molecule is Cc1cc(C)nc(NC(=NCc2ccco2)NC(=S)Nc2ccc(Nc3ccccc3)cc2)n1. The van der Waals surface area contributed by atoms with Crippen molar-refractivity contribution in [2.24, 2.45) is 4.99 Å². The second-order valence-corrected chi connectivity index (χ2v) is 7.90. The Bertz CT molecular complexity index is 1240. The summed E-state index contributed by atoms with van der Waals surface area (Å²) in [6.45, 7) is 4.15. The minimum atomic E-state index is 0.329. The smallest absolute Gasteiger partial charge is 0.229 e. The molecule has 4 rings (SSSR count). The molecular formula is C25H25N7OS. The van der Waals surface area contributed by atoms with Gasteiger partial charge in [0, 0.05) is 28.5 Å². The number of furan rings is 1. The normalized spacial score (nSPS) is 11.1. The van der Waals surface area contributed by atoms with Crippen LogP contribution in [0.1, 0.15) is 17.1 Å². The molecule has 2 aromatic heterocycles. The van der Waals surface area contributed by atoms with Crippen LogP contribution in [0.5, 0.6) is 0 Å². The number of benzene rings is 2. The quantitative estimate of drug-likeness (QED) is 0.169. The van der Waals surface area contributed by atoms with Crippen molar-refractivity contribution in [3.63, 3.8) is 0 Å². The van der Waals surface area contributed by atoms with Gasteiger partial charge in [-0.1, -0.05) is 18.2 Å². The van der Waals surface area contributed by atoms with E-state index in [0.29, 0.717) is 23.6 Å². The Morgan fingerprint density at radius 2 is 1.53 bits per heavy atom. The van der Waals surface area contributed by atoms with E-state index < -0.39 is 0 Å². The minimum Gasteiger partial charge on any atom is -0.467 e. The molecular weight excluding hydrogens is 446 g/mol. The Kier molecular flexibility index (Phi) is 7.46. The number of rotatable bonds is 6. The Hall–Kier alpha value is -4.24. The summed E-state index contributed by atoms with van der Waals surface area (Å²) in [5.41, 5.74) is 4.54. The molecule has 0 aliphatic carbocycles. The van der Waals surface area contributed by atoms with Gasteiger partial charge in [0.2, 0.25) is 11.9 Å². The van der Waals surface area contributed by atoms with Gasteiger partial charge in [0.25, 0.3) is 0 Å². The van der Waals surface area contributed by atoms with E-state index in [1.807, 2.05) is 86.6 Å². The second kappa shape index (κ2) is 11.1. The first kappa shape index (κ1) is 22.9. The highest BCUT2D eigenvalue weighted by molar-refractivity contribution is 7.80. The van der Waals surface area contributed by atoms with Crippen molar-refractivity contribution in [2.75, 3.05) is 16.0 Å². The fraction of sp³-hybridized carbons (Fsp3) is 0.120. The summed E-state index contributed by atoms with van der Waals surface area (Å²) < 4.78 is 5.38. The average Bonchev–Trinajstić information content (AvgIpc) is 3.33. The third kappa shape index (κ3) is 6.88. The van der Waals surface area contributed by atoms with E-state index in [1.54, 1.807) is 6.26 Å². The first-order valence-corrected chi connectivity index (χ1v) is 11.1. The molecule has 0 bridgehead atoms. The van der Waals surface area contributed by atoms with E-state index in [9.17, 15) is 0 Å². The van der Waals surface area contributed by atoms with E-state index in [-0.39, 0.29) is 0 Å². The summed E-state index contributed by atoms with van der Waals surface area (Å²) >= 11 is 5.51. The third-order valence-electron chi connectivity index (χ3n) is 4.62. The van der Waals surface area contributed by atoms with Gasteiger partial charge in [0.1, 0.15) is 12.3 Å². The predicted octanol–water partition coefficient (Wildman–Crippen LogP) is 5.38. The van der Waals surface area contributed by atoms with Gasteiger partial charge in [-0.2, -0.15) is 0 Å². The van der Waals surface area contributed by atoms with Crippen LogP contribution in [0, 0.1) is 13.8 Å². The largest absolute Gasteiger partial charge is 0.467 e. The molecule has 0 amide bonds. The molecule has 0 unspecified atom stereocenters. The molecule has 34 heavy (non-hydrogen) atoms. The Morgan fingerprint density at radius 1 is 0.853 bits per heavy atom. The summed E-state index contributed by atoms with van der Waals surface area (Å²) in [6.07, 6.45) is 1.61. The molecule has 0 saturated carbocycles. The van der Waals surface area contributed by atoms with Gasteiger partial charge in [-0.3, -0.25) is 5.32 Å². The molecule has 0 atom stereocenters. The summed E-state index contributed by atoms with van der Waals surface area (Å²) in [7, 11) is 0. The highest BCUT2D eigenvalue weighted by Gasteiger charge is 2.08. The number of nitrogens with one attached hydrogen (secondary N) is 4. The fourth-order valence-corrected chi connectivity index (χ4v) is 3.37. The molecule has 0 radical (unpaired) electrons. The maximum absolute atomic E-state index is 5.51. The molecule has 2 heterocycles. The van der Waals surface area contributed by atoms with Gasteiger partial charge in [0.05, 0.1) is 6.26 Å². The number of anilines is 4. The number of nitrogens with zero attached hydrogens (tertiary/aromatic N) is 3.